The van der Waals surface area contributed by atoms with Gasteiger partial charge in [0.25, 0.3) is 0 Å². The van der Waals surface area contributed by atoms with Crippen LogP contribution in [0, 0.1) is 5.92 Å². The quantitative estimate of drug-likeness (QED) is 0.623. The maximum absolute atomic E-state index is 11.9. The van der Waals surface area contributed by atoms with Gasteiger partial charge in [-0.25, -0.2) is 4.79 Å². The monoisotopic (exact) mass is 389 g/mol. The van der Waals surface area contributed by atoms with Crippen molar-refractivity contribution in [2.45, 2.75) is 53.7 Å². The fourth-order valence-electron chi connectivity index (χ4n) is 1.99. The van der Waals surface area contributed by atoms with Gasteiger partial charge in [0.2, 0.25) is 11.8 Å². The number of alkyl carbamates (subject to hydrolysis) is 1. The van der Waals surface area contributed by atoms with Crippen LogP contribution >= 0.6 is 0 Å². The van der Waals surface area contributed by atoms with E-state index in [0.717, 1.165) is 11.1 Å². The second-order valence-electron chi connectivity index (χ2n) is 7.86. The molecule has 0 atom stereocenters. The first-order chi connectivity index (χ1) is 13.0. The largest absolute Gasteiger partial charge is 0.444 e. The molecule has 28 heavy (non-hydrogen) atoms. The van der Waals surface area contributed by atoms with E-state index in [2.05, 4.69) is 16.0 Å². The fraction of sp³-hybridized carbons (Fsp3) is 0.476. The summed E-state index contributed by atoms with van der Waals surface area (Å²) >= 11 is 0. The van der Waals surface area contributed by atoms with Crippen molar-refractivity contribution < 1.29 is 19.1 Å². The van der Waals surface area contributed by atoms with Crippen LogP contribution in [0.15, 0.2) is 35.9 Å². The molecule has 0 saturated heterocycles. The van der Waals surface area contributed by atoms with Gasteiger partial charge in [-0.05, 0) is 51.3 Å². The van der Waals surface area contributed by atoms with E-state index in [-0.39, 0.29) is 18.4 Å². The van der Waals surface area contributed by atoms with E-state index < -0.39 is 11.7 Å². The molecule has 0 fully saturated rings. The van der Waals surface area contributed by atoms with Gasteiger partial charge < -0.3 is 20.7 Å². The summed E-state index contributed by atoms with van der Waals surface area (Å²) in [5, 5.41) is 7.92. The van der Waals surface area contributed by atoms with Crippen LogP contribution in [0.2, 0.25) is 0 Å². The third kappa shape index (κ3) is 9.75. The molecule has 0 aliphatic heterocycles. The van der Waals surface area contributed by atoms with E-state index in [1.165, 1.54) is 0 Å². The summed E-state index contributed by atoms with van der Waals surface area (Å²) in [4.78, 5) is 35.3. The minimum atomic E-state index is -0.643. The topological polar surface area (TPSA) is 96.5 Å². The van der Waals surface area contributed by atoms with E-state index >= 15 is 0 Å². The molecular formula is C21H31N3O4. The van der Waals surface area contributed by atoms with Crippen molar-refractivity contribution in [1.29, 1.82) is 0 Å². The van der Waals surface area contributed by atoms with E-state index in [9.17, 15) is 14.4 Å². The predicted octanol–water partition coefficient (Wildman–Crippen LogP) is 3.37. The molecule has 0 aromatic heterocycles. The van der Waals surface area contributed by atoms with Gasteiger partial charge in [-0.15, -0.1) is 0 Å². The Kier molecular flexibility index (Phi) is 8.70. The second kappa shape index (κ2) is 10.5. The Morgan fingerprint density at radius 1 is 1.07 bits per heavy atom. The SMILES string of the molecule is C/C(=C\C(=O)NCc1ccc(NC(=O)CNC(=O)OC(C)(C)C)cc1)C(C)C. The highest BCUT2D eigenvalue weighted by Crippen LogP contribution is 2.10. The Morgan fingerprint density at radius 2 is 1.68 bits per heavy atom. The number of ether oxygens (including phenoxy) is 1. The molecule has 7 nitrogen and oxygen atoms in total. The maximum atomic E-state index is 11.9. The molecule has 0 bridgehead atoms. The summed E-state index contributed by atoms with van der Waals surface area (Å²) in [6.45, 7) is 11.5. The number of benzene rings is 1. The first-order valence-corrected chi connectivity index (χ1v) is 9.28. The van der Waals surface area contributed by atoms with Crippen LogP contribution in [-0.4, -0.2) is 30.1 Å². The molecule has 0 radical (unpaired) electrons. The predicted molar refractivity (Wildman–Crippen MR) is 110 cm³/mol. The van der Waals surface area contributed by atoms with Crippen molar-refractivity contribution in [3.8, 4) is 0 Å². The molecule has 0 unspecified atom stereocenters. The zero-order valence-electron chi connectivity index (χ0n) is 17.5. The average Bonchev–Trinajstić information content (AvgIpc) is 2.58. The molecule has 3 N–H and O–H groups in total. The highest BCUT2D eigenvalue weighted by molar-refractivity contribution is 5.93. The normalized spacial score (nSPS) is 11.8. The summed E-state index contributed by atoms with van der Waals surface area (Å²) in [7, 11) is 0. The Labute approximate surface area is 166 Å². The van der Waals surface area contributed by atoms with E-state index in [0.29, 0.717) is 18.2 Å². The van der Waals surface area contributed by atoms with Gasteiger partial charge in [0.1, 0.15) is 12.1 Å². The van der Waals surface area contributed by atoms with E-state index in [1.54, 1.807) is 39.0 Å². The van der Waals surface area contributed by atoms with Gasteiger partial charge in [0.05, 0.1) is 0 Å². The van der Waals surface area contributed by atoms with Crippen molar-refractivity contribution >= 4 is 23.6 Å². The van der Waals surface area contributed by atoms with Crippen LogP contribution in [0.5, 0.6) is 0 Å². The van der Waals surface area contributed by atoms with Crippen LogP contribution < -0.4 is 16.0 Å². The molecule has 1 rings (SSSR count). The molecule has 3 amide bonds. The van der Waals surface area contributed by atoms with Gasteiger partial charge in [0.15, 0.2) is 0 Å². The van der Waals surface area contributed by atoms with Crippen molar-refractivity contribution in [2.75, 3.05) is 11.9 Å². The van der Waals surface area contributed by atoms with Crippen LogP contribution in [0.1, 0.15) is 47.1 Å². The van der Waals surface area contributed by atoms with Crippen LogP contribution in [0.4, 0.5) is 10.5 Å². The molecule has 0 heterocycles. The third-order valence-electron chi connectivity index (χ3n) is 3.77. The van der Waals surface area contributed by atoms with E-state index in [4.69, 9.17) is 4.74 Å². The smallest absolute Gasteiger partial charge is 0.408 e. The standard InChI is InChI=1S/C21H31N3O4/c1-14(2)15(3)11-18(25)22-12-16-7-9-17(10-8-16)24-19(26)13-23-20(27)28-21(4,5)6/h7-11,14H,12-13H2,1-6H3,(H,22,25)(H,23,27)(H,24,26)/b15-11+. The van der Waals surface area contributed by atoms with Crippen LogP contribution in [-0.2, 0) is 20.9 Å². The molecule has 7 heteroatoms. The molecular weight excluding hydrogens is 358 g/mol. The molecule has 0 spiro atoms. The van der Waals surface area contributed by atoms with Gasteiger partial charge in [-0.1, -0.05) is 31.6 Å². The molecule has 0 aliphatic carbocycles. The molecule has 0 aliphatic rings. The number of allylic oxidation sites excluding steroid dienone is 1. The fourth-order valence-corrected chi connectivity index (χ4v) is 1.99. The molecule has 1 aromatic carbocycles. The van der Waals surface area contributed by atoms with Crippen molar-refractivity contribution in [3.63, 3.8) is 0 Å². The van der Waals surface area contributed by atoms with E-state index in [1.807, 2.05) is 32.9 Å². The maximum Gasteiger partial charge on any atom is 0.408 e. The van der Waals surface area contributed by atoms with Gasteiger partial charge in [-0.3, -0.25) is 9.59 Å². The number of amides is 3. The third-order valence-corrected chi connectivity index (χ3v) is 3.77. The Hall–Kier alpha value is -2.83. The molecule has 0 saturated carbocycles. The minimum absolute atomic E-state index is 0.128. The molecule has 154 valence electrons. The summed E-state index contributed by atoms with van der Waals surface area (Å²) in [6.07, 6.45) is 0.965. The lowest BCUT2D eigenvalue weighted by atomic mass is 10.1. The highest BCUT2D eigenvalue weighted by atomic mass is 16.6. The van der Waals surface area contributed by atoms with Crippen LogP contribution in [0.3, 0.4) is 0 Å². The zero-order chi connectivity index (χ0) is 21.3. The lowest BCUT2D eigenvalue weighted by Gasteiger charge is -2.19. The number of rotatable bonds is 7. The highest BCUT2D eigenvalue weighted by Gasteiger charge is 2.16. The second-order valence-corrected chi connectivity index (χ2v) is 7.86. The Bertz CT molecular complexity index is 716. The van der Waals surface area contributed by atoms with Gasteiger partial charge in [-0.2, -0.15) is 0 Å². The zero-order valence-corrected chi connectivity index (χ0v) is 17.5. The van der Waals surface area contributed by atoms with Gasteiger partial charge in [0, 0.05) is 18.3 Å². The lowest BCUT2D eigenvalue weighted by Crippen LogP contribution is -2.37. The Balaban J connectivity index is 2.44. The summed E-state index contributed by atoms with van der Waals surface area (Å²) < 4.78 is 5.07. The lowest BCUT2D eigenvalue weighted by molar-refractivity contribution is -0.117. The number of nitrogens with one attached hydrogen (secondary N) is 3. The first-order valence-electron chi connectivity index (χ1n) is 9.28. The number of hydrogen-bond donors (Lipinski definition) is 3. The number of hydrogen-bond acceptors (Lipinski definition) is 4. The van der Waals surface area contributed by atoms with Crippen molar-refractivity contribution in [3.05, 3.63) is 41.5 Å². The summed E-state index contributed by atoms with van der Waals surface area (Å²) in [5.41, 5.74) is 1.92. The summed E-state index contributed by atoms with van der Waals surface area (Å²) in [5.74, 6) is -0.156. The van der Waals surface area contributed by atoms with Crippen LogP contribution in [0.25, 0.3) is 0 Å². The van der Waals surface area contributed by atoms with Crippen molar-refractivity contribution in [1.82, 2.24) is 10.6 Å². The number of carbonyl (C=O) groups is 3. The number of anilines is 1. The molecule has 1 aromatic rings. The first kappa shape index (κ1) is 23.2. The Morgan fingerprint density at radius 3 is 2.21 bits per heavy atom. The summed E-state index contributed by atoms with van der Waals surface area (Å²) in [6, 6.07) is 7.11. The minimum Gasteiger partial charge on any atom is -0.444 e. The van der Waals surface area contributed by atoms with Crippen molar-refractivity contribution in [2.24, 2.45) is 5.92 Å². The number of carbonyl (C=O) groups excluding carboxylic acids is 3. The van der Waals surface area contributed by atoms with Gasteiger partial charge >= 0.3 is 6.09 Å². The average molecular weight is 389 g/mol.